The zero-order chi connectivity index (χ0) is 14.0. The molecule has 1 unspecified atom stereocenters. The highest BCUT2D eigenvalue weighted by atomic mass is 35.5. The van der Waals surface area contributed by atoms with Crippen molar-refractivity contribution in [1.29, 1.82) is 0 Å². The van der Waals surface area contributed by atoms with Crippen LogP contribution in [0.1, 0.15) is 18.8 Å². The summed E-state index contributed by atoms with van der Waals surface area (Å²) in [7, 11) is 0. The summed E-state index contributed by atoms with van der Waals surface area (Å²) < 4.78 is 6.57. The SMILES string of the molecule is Cc1nc(Cl)cc(=O)n1C(C)C(=O)N1CCOCC1. The summed E-state index contributed by atoms with van der Waals surface area (Å²) in [5, 5.41) is 0.143. The zero-order valence-corrected chi connectivity index (χ0v) is 11.7. The molecule has 19 heavy (non-hydrogen) atoms. The molecule has 1 saturated heterocycles. The third kappa shape index (κ3) is 2.96. The second-order valence-electron chi connectivity index (χ2n) is 4.45. The highest BCUT2D eigenvalue weighted by Crippen LogP contribution is 2.12. The van der Waals surface area contributed by atoms with Crippen LogP contribution in [0.4, 0.5) is 0 Å². The van der Waals surface area contributed by atoms with E-state index in [9.17, 15) is 9.59 Å². The van der Waals surface area contributed by atoms with E-state index in [0.717, 1.165) is 0 Å². The Balaban J connectivity index is 2.26. The number of carbonyl (C=O) groups is 1. The van der Waals surface area contributed by atoms with Gasteiger partial charge in [-0.15, -0.1) is 0 Å². The molecule has 0 bridgehead atoms. The Hall–Kier alpha value is -1.40. The number of halogens is 1. The fourth-order valence-corrected chi connectivity index (χ4v) is 2.42. The van der Waals surface area contributed by atoms with Crippen molar-refractivity contribution in [2.45, 2.75) is 19.9 Å². The summed E-state index contributed by atoms with van der Waals surface area (Å²) >= 11 is 5.72. The molecule has 0 radical (unpaired) electrons. The maximum absolute atomic E-state index is 12.3. The monoisotopic (exact) mass is 285 g/mol. The first-order chi connectivity index (χ1) is 9.00. The Bertz CT molecular complexity index is 538. The summed E-state index contributed by atoms with van der Waals surface area (Å²) in [6, 6.07) is 0.632. The van der Waals surface area contributed by atoms with Crippen LogP contribution < -0.4 is 5.56 Å². The highest BCUT2D eigenvalue weighted by Gasteiger charge is 2.25. The van der Waals surface area contributed by atoms with Gasteiger partial charge in [0.2, 0.25) is 5.91 Å². The van der Waals surface area contributed by atoms with Crippen molar-refractivity contribution in [2.75, 3.05) is 26.3 Å². The summed E-state index contributed by atoms with van der Waals surface area (Å²) in [5.41, 5.74) is -0.313. The van der Waals surface area contributed by atoms with Crippen molar-refractivity contribution in [2.24, 2.45) is 0 Å². The van der Waals surface area contributed by atoms with E-state index in [4.69, 9.17) is 16.3 Å². The van der Waals surface area contributed by atoms with E-state index in [1.165, 1.54) is 10.6 Å². The van der Waals surface area contributed by atoms with E-state index in [0.29, 0.717) is 32.1 Å². The average molecular weight is 286 g/mol. The quantitative estimate of drug-likeness (QED) is 0.748. The van der Waals surface area contributed by atoms with Crippen molar-refractivity contribution in [3.63, 3.8) is 0 Å². The molecule has 0 aliphatic carbocycles. The van der Waals surface area contributed by atoms with Gasteiger partial charge in [0.25, 0.3) is 5.56 Å². The molecule has 2 rings (SSSR count). The van der Waals surface area contributed by atoms with E-state index in [1.54, 1.807) is 18.7 Å². The lowest BCUT2D eigenvalue weighted by molar-refractivity contribution is -0.138. The Labute approximate surface area is 115 Å². The molecule has 6 nitrogen and oxygen atoms in total. The number of hydrogen-bond acceptors (Lipinski definition) is 4. The lowest BCUT2D eigenvalue weighted by Gasteiger charge is -2.30. The molecule has 2 heterocycles. The molecule has 1 atom stereocenters. The van der Waals surface area contributed by atoms with Gasteiger partial charge in [0.1, 0.15) is 17.0 Å². The lowest BCUT2D eigenvalue weighted by atomic mass is 10.2. The van der Waals surface area contributed by atoms with E-state index >= 15 is 0 Å². The Kier molecular flexibility index (Phi) is 4.21. The van der Waals surface area contributed by atoms with Crippen molar-refractivity contribution < 1.29 is 9.53 Å². The number of amides is 1. The first kappa shape index (κ1) is 14.0. The molecule has 1 aromatic heterocycles. The number of morpholine rings is 1. The summed E-state index contributed by atoms with van der Waals surface area (Å²) in [6.45, 7) is 5.53. The minimum absolute atomic E-state index is 0.0994. The topological polar surface area (TPSA) is 64.4 Å². The normalized spacial score (nSPS) is 17.3. The maximum atomic E-state index is 12.3. The number of rotatable bonds is 2. The number of carbonyl (C=O) groups excluding carboxylic acids is 1. The number of aryl methyl sites for hydroxylation is 1. The second kappa shape index (κ2) is 5.71. The molecule has 1 aliphatic heterocycles. The molecule has 7 heteroatoms. The molecule has 0 N–H and O–H groups in total. The van der Waals surface area contributed by atoms with Gasteiger partial charge in [-0.1, -0.05) is 11.6 Å². The van der Waals surface area contributed by atoms with Crippen molar-refractivity contribution in [1.82, 2.24) is 14.5 Å². The molecule has 0 spiro atoms. The largest absolute Gasteiger partial charge is 0.378 e. The van der Waals surface area contributed by atoms with Gasteiger partial charge in [0.05, 0.1) is 13.2 Å². The molecular formula is C12H16ClN3O3. The van der Waals surface area contributed by atoms with E-state index < -0.39 is 6.04 Å². The predicted octanol–water partition coefficient (Wildman–Crippen LogP) is 0.625. The van der Waals surface area contributed by atoms with Crippen LogP contribution in [0.25, 0.3) is 0 Å². The molecular weight excluding hydrogens is 270 g/mol. The maximum Gasteiger partial charge on any atom is 0.255 e. The van der Waals surface area contributed by atoms with Crippen LogP contribution in [-0.2, 0) is 9.53 Å². The Morgan fingerprint density at radius 2 is 2.11 bits per heavy atom. The van der Waals surface area contributed by atoms with Crippen LogP contribution in [0.15, 0.2) is 10.9 Å². The first-order valence-corrected chi connectivity index (χ1v) is 6.50. The van der Waals surface area contributed by atoms with Gasteiger partial charge >= 0.3 is 0 Å². The van der Waals surface area contributed by atoms with Gasteiger partial charge in [-0.2, -0.15) is 0 Å². The molecule has 1 fully saturated rings. The lowest BCUT2D eigenvalue weighted by Crippen LogP contribution is -2.45. The summed E-state index contributed by atoms with van der Waals surface area (Å²) in [5.74, 6) is 0.337. The molecule has 1 aliphatic rings. The van der Waals surface area contributed by atoms with E-state index in [2.05, 4.69) is 4.98 Å². The summed E-state index contributed by atoms with van der Waals surface area (Å²) in [4.78, 5) is 30.0. The van der Waals surface area contributed by atoms with Gasteiger partial charge in [0.15, 0.2) is 0 Å². The zero-order valence-electron chi connectivity index (χ0n) is 10.9. The molecule has 1 amide bonds. The van der Waals surface area contributed by atoms with Crippen LogP contribution in [0, 0.1) is 6.92 Å². The highest BCUT2D eigenvalue weighted by molar-refractivity contribution is 6.29. The van der Waals surface area contributed by atoms with Gasteiger partial charge < -0.3 is 9.64 Å². The van der Waals surface area contributed by atoms with Gasteiger partial charge in [-0.25, -0.2) is 4.98 Å². The predicted molar refractivity (Wildman–Crippen MR) is 70.4 cm³/mol. The average Bonchev–Trinajstić information content (AvgIpc) is 2.37. The molecule has 104 valence electrons. The fraction of sp³-hybridized carbons (Fsp3) is 0.583. The molecule has 1 aromatic rings. The first-order valence-electron chi connectivity index (χ1n) is 6.13. The minimum Gasteiger partial charge on any atom is -0.378 e. The third-order valence-electron chi connectivity index (χ3n) is 3.16. The number of hydrogen-bond donors (Lipinski definition) is 0. The van der Waals surface area contributed by atoms with Crippen molar-refractivity contribution >= 4 is 17.5 Å². The molecule has 0 aromatic carbocycles. The third-order valence-corrected chi connectivity index (χ3v) is 3.36. The van der Waals surface area contributed by atoms with Crippen LogP contribution in [0.5, 0.6) is 0 Å². The van der Waals surface area contributed by atoms with Gasteiger partial charge in [0, 0.05) is 19.2 Å². The van der Waals surface area contributed by atoms with Gasteiger partial charge in [-0.3, -0.25) is 14.2 Å². The van der Waals surface area contributed by atoms with E-state index in [1.807, 2.05) is 0 Å². The standard InChI is InChI=1S/C12H16ClN3O3/c1-8(12(18)15-3-5-19-6-4-15)16-9(2)14-10(13)7-11(16)17/h7-8H,3-6H2,1-2H3. The van der Waals surface area contributed by atoms with Crippen molar-refractivity contribution in [3.8, 4) is 0 Å². The Morgan fingerprint density at radius 1 is 1.47 bits per heavy atom. The van der Waals surface area contributed by atoms with Crippen LogP contribution in [0.3, 0.4) is 0 Å². The minimum atomic E-state index is -0.588. The number of ether oxygens (including phenoxy) is 1. The van der Waals surface area contributed by atoms with Crippen LogP contribution in [0.2, 0.25) is 5.15 Å². The second-order valence-corrected chi connectivity index (χ2v) is 4.84. The van der Waals surface area contributed by atoms with Crippen LogP contribution >= 0.6 is 11.6 Å². The number of aromatic nitrogens is 2. The Morgan fingerprint density at radius 3 is 2.68 bits per heavy atom. The van der Waals surface area contributed by atoms with Crippen molar-refractivity contribution in [3.05, 3.63) is 27.4 Å². The van der Waals surface area contributed by atoms with Crippen LogP contribution in [-0.4, -0.2) is 46.7 Å². The smallest absolute Gasteiger partial charge is 0.255 e. The number of nitrogens with zero attached hydrogens (tertiary/aromatic N) is 3. The van der Waals surface area contributed by atoms with Gasteiger partial charge in [-0.05, 0) is 13.8 Å². The fourth-order valence-electron chi connectivity index (χ4n) is 2.20. The molecule has 0 saturated carbocycles. The van der Waals surface area contributed by atoms with E-state index in [-0.39, 0.29) is 16.6 Å². The summed E-state index contributed by atoms with van der Waals surface area (Å²) in [6.07, 6.45) is 0.